The van der Waals surface area contributed by atoms with Crippen molar-refractivity contribution in [1.29, 1.82) is 0 Å². The second-order valence-electron chi connectivity index (χ2n) is 6.21. The highest BCUT2D eigenvalue weighted by atomic mass is 32.2. The molecule has 2 unspecified atom stereocenters. The molecule has 1 fully saturated rings. The van der Waals surface area contributed by atoms with Crippen LogP contribution < -0.4 is 0 Å². The lowest BCUT2D eigenvalue weighted by atomic mass is 10.1. The molecule has 0 aromatic heterocycles. The molecule has 1 heterocycles. The molecule has 0 radical (unpaired) electrons. The molecule has 0 spiro atoms. The summed E-state index contributed by atoms with van der Waals surface area (Å²) in [7, 11) is -5.63. The number of hydrogen-bond donors (Lipinski definition) is 0. The van der Waals surface area contributed by atoms with E-state index < -0.39 is 40.2 Å². The SMILES string of the molecule is CC1(C)OCC(C(CCOS(=O)(=O)C(F)(F)F)OCc2ccccc2)O1. The first kappa shape index (κ1) is 21.1. The van der Waals surface area contributed by atoms with E-state index >= 15 is 0 Å². The van der Waals surface area contributed by atoms with Crippen LogP contribution in [0, 0.1) is 0 Å². The van der Waals surface area contributed by atoms with E-state index in [4.69, 9.17) is 14.2 Å². The van der Waals surface area contributed by atoms with E-state index in [0.29, 0.717) is 0 Å². The maximum Gasteiger partial charge on any atom is 0.523 e. The van der Waals surface area contributed by atoms with E-state index in [-0.39, 0.29) is 19.6 Å². The average molecular weight is 398 g/mol. The van der Waals surface area contributed by atoms with Crippen LogP contribution in [0.15, 0.2) is 30.3 Å². The van der Waals surface area contributed by atoms with Gasteiger partial charge < -0.3 is 14.2 Å². The van der Waals surface area contributed by atoms with E-state index in [1.807, 2.05) is 30.3 Å². The van der Waals surface area contributed by atoms with Crippen molar-refractivity contribution >= 4 is 10.1 Å². The third-order valence-corrected chi connectivity index (χ3v) is 4.72. The largest absolute Gasteiger partial charge is 0.523 e. The fraction of sp³-hybridized carbons (Fsp3) is 0.625. The van der Waals surface area contributed by atoms with E-state index in [0.717, 1.165) is 5.56 Å². The van der Waals surface area contributed by atoms with Crippen LogP contribution in [0.2, 0.25) is 0 Å². The van der Waals surface area contributed by atoms with Gasteiger partial charge in [-0.15, -0.1) is 0 Å². The van der Waals surface area contributed by atoms with Gasteiger partial charge in [0, 0.05) is 6.42 Å². The lowest BCUT2D eigenvalue weighted by Crippen LogP contribution is -2.35. The maximum atomic E-state index is 12.3. The van der Waals surface area contributed by atoms with Crippen molar-refractivity contribution in [2.45, 2.75) is 50.4 Å². The Labute approximate surface area is 150 Å². The number of ether oxygens (including phenoxy) is 3. The smallest absolute Gasteiger partial charge is 0.371 e. The fourth-order valence-corrected chi connectivity index (χ4v) is 2.84. The molecule has 1 aliphatic rings. The maximum absolute atomic E-state index is 12.3. The Hall–Kier alpha value is -1.20. The van der Waals surface area contributed by atoms with Crippen LogP contribution in [0.4, 0.5) is 13.2 Å². The monoisotopic (exact) mass is 398 g/mol. The molecule has 1 aromatic carbocycles. The standard InChI is InChI=1S/C16H21F3O6S/c1-15(2)23-11-14(25-15)13(22-10-12-6-4-3-5-7-12)8-9-24-26(20,21)16(17,18)19/h3-7,13-14H,8-11H2,1-2H3. The quantitative estimate of drug-likeness (QED) is 0.495. The van der Waals surface area contributed by atoms with Gasteiger partial charge in [-0.2, -0.15) is 21.6 Å². The molecule has 1 aliphatic heterocycles. The summed E-state index contributed by atoms with van der Waals surface area (Å²) in [5.41, 5.74) is -4.60. The van der Waals surface area contributed by atoms with Gasteiger partial charge >= 0.3 is 15.6 Å². The molecular formula is C16H21F3O6S. The summed E-state index contributed by atoms with van der Waals surface area (Å²) < 4.78 is 79.9. The summed E-state index contributed by atoms with van der Waals surface area (Å²) in [6, 6.07) is 9.15. The molecule has 0 aliphatic carbocycles. The summed E-state index contributed by atoms with van der Waals surface area (Å²) in [6.45, 7) is 3.09. The second-order valence-corrected chi connectivity index (χ2v) is 7.82. The minimum Gasteiger partial charge on any atom is -0.371 e. The summed E-state index contributed by atoms with van der Waals surface area (Å²) in [6.07, 6.45) is -1.35. The predicted molar refractivity (Wildman–Crippen MR) is 85.5 cm³/mol. The summed E-state index contributed by atoms with van der Waals surface area (Å²) in [5, 5.41) is 0. The zero-order chi connectivity index (χ0) is 19.4. The molecule has 26 heavy (non-hydrogen) atoms. The normalized spacial score (nSPS) is 21.7. The Morgan fingerprint density at radius 2 is 1.92 bits per heavy atom. The number of hydrogen-bond acceptors (Lipinski definition) is 6. The van der Waals surface area contributed by atoms with Gasteiger partial charge in [0.1, 0.15) is 6.10 Å². The van der Waals surface area contributed by atoms with Crippen LogP contribution in [0.3, 0.4) is 0 Å². The van der Waals surface area contributed by atoms with E-state index in [1.54, 1.807) is 13.8 Å². The highest BCUT2D eigenvalue weighted by Gasteiger charge is 2.47. The van der Waals surface area contributed by atoms with Crippen LogP contribution in [0.25, 0.3) is 0 Å². The number of benzene rings is 1. The molecule has 10 heteroatoms. The first-order chi connectivity index (χ1) is 12.0. The highest BCUT2D eigenvalue weighted by Crippen LogP contribution is 2.28. The van der Waals surface area contributed by atoms with Crippen molar-refractivity contribution in [2.24, 2.45) is 0 Å². The topological polar surface area (TPSA) is 71.1 Å². The Bertz CT molecular complexity index is 675. The van der Waals surface area contributed by atoms with Crippen molar-refractivity contribution in [3.63, 3.8) is 0 Å². The van der Waals surface area contributed by atoms with E-state index in [1.165, 1.54) is 0 Å². The lowest BCUT2D eigenvalue weighted by molar-refractivity contribution is -0.159. The van der Waals surface area contributed by atoms with Gasteiger partial charge in [-0.1, -0.05) is 30.3 Å². The summed E-state index contributed by atoms with van der Waals surface area (Å²) in [5.74, 6) is -0.849. The molecule has 1 aromatic rings. The van der Waals surface area contributed by atoms with Crippen LogP contribution in [-0.2, 0) is 35.1 Å². The highest BCUT2D eigenvalue weighted by molar-refractivity contribution is 7.87. The van der Waals surface area contributed by atoms with Gasteiger partial charge in [0.05, 0.1) is 25.9 Å². The second kappa shape index (κ2) is 8.22. The zero-order valence-corrected chi connectivity index (χ0v) is 15.2. The van der Waals surface area contributed by atoms with Gasteiger partial charge in [-0.3, -0.25) is 4.18 Å². The minimum atomic E-state index is -5.63. The number of rotatable bonds is 8. The van der Waals surface area contributed by atoms with Crippen LogP contribution in [0.5, 0.6) is 0 Å². The number of halogens is 3. The zero-order valence-electron chi connectivity index (χ0n) is 14.4. The minimum absolute atomic E-state index is 0.105. The Morgan fingerprint density at radius 1 is 1.27 bits per heavy atom. The van der Waals surface area contributed by atoms with Crippen LogP contribution in [-0.4, -0.2) is 45.1 Å². The van der Waals surface area contributed by atoms with Crippen molar-refractivity contribution < 1.29 is 40.0 Å². The molecule has 2 atom stereocenters. The predicted octanol–water partition coefficient (Wildman–Crippen LogP) is 2.98. The van der Waals surface area contributed by atoms with Crippen LogP contribution in [0.1, 0.15) is 25.8 Å². The Morgan fingerprint density at radius 3 is 2.46 bits per heavy atom. The first-order valence-corrected chi connectivity index (χ1v) is 9.34. The van der Waals surface area contributed by atoms with Gasteiger partial charge in [-0.05, 0) is 19.4 Å². The van der Waals surface area contributed by atoms with Crippen molar-refractivity contribution in [3.05, 3.63) is 35.9 Å². The molecule has 1 saturated heterocycles. The van der Waals surface area contributed by atoms with Gasteiger partial charge in [0.25, 0.3) is 0 Å². The lowest BCUT2D eigenvalue weighted by Gasteiger charge is -2.24. The Balaban J connectivity index is 1.97. The molecule has 0 amide bonds. The molecule has 2 rings (SSSR count). The number of alkyl halides is 3. The first-order valence-electron chi connectivity index (χ1n) is 7.93. The van der Waals surface area contributed by atoms with Crippen molar-refractivity contribution in [3.8, 4) is 0 Å². The molecule has 0 N–H and O–H groups in total. The van der Waals surface area contributed by atoms with Crippen LogP contribution >= 0.6 is 0 Å². The third-order valence-electron chi connectivity index (χ3n) is 3.68. The van der Waals surface area contributed by atoms with Crippen molar-refractivity contribution in [2.75, 3.05) is 13.2 Å². The summed E-state index contributed by atoms with van der Waals surface area (Å²) in [4.78, 5) is 0. The summed E-state index contributed by atoms with van der Waals surface area (Å²) >= 11 is 0. The van der Waals surface area contributed by atoms with Gasteiger partial charge in [-0.25, -0.2) is 0 Å². The Kier molecular flexibility index (Phi) is 6.67. The molecular weight excluding hydrogens is 377 g/mol. The average Bonchev–Trinajstić information content (AvgIpc) is 2.90. The molecule has 148 valence electrons. The third kappa shape index (κ3) is 5.92. The van der Waals surface area contributed by atoms with Gasteiger partial charge in [0.15, 0.2) is 5.79 Å². The molecule has 0 saturated carbocycles. The molecule has 6 nitrogen and oxygen atoms in total. The molecule has 0 bridgehead atoms. The fourth-order valence-electron chi connectivity index (χ4n) is 2.39. The van der Waals surface area contributed by atoms with E-state index in [2.05, 4.69) is 4.18 Å². The van der Waals surface area contributed by atoms with Gasteiger partial charge in [0.2, 0.25) is 0 Å². The van der Waals surface area contributed by atoms with E-state index in [9.17, 15) is 21.6 Å². The van der Waals surface area contributed by atoms with Crippen molar-refractivity contribution in [1.82, 2.24) is 0 Å².